The minimum atomic E-state index is 0.0527. The molecule has 1 rings (SSSR count). The average molecular weight is 170 g/mol. The SMILES string of the molecule is CNC(=O)N(CC1CC1)C(C)C. The first kappa shape index (κ1) is 9.36. The van der Waals surface area contributed by atoms with Gasteiger partial charge in [-0.3, -0.25) is 0 Å². The first-order valence-electron chi connectivity index (χ1n) is 4.63. The highest BCUT2D eigenvalue weighted by Crippen LogP contribution is 2.30. The summed E-state index contributed by atoms with van der Waals surface area (Å²) < 4.78 is 0. The van der Waals surface area contributed by atoms with Crippen LogP contribution in [0.15, 0.2) is 0 Å². The van der Waals surface area contributed by atoms with Gasteiger partial charge in [0.1, 0.15) is 0 Å². The van der Waals surface area contributed by atoms with Gasteiger partial charge in [-0.1, -0.05) is 0 Å². The number of carbonyl (C=O) groups is 1. The molecule has 12 heavy (non-hydrogen) atoms. The van der Waals surface area contributed by atoms with E-state index < -0.39 is 0 Å². The second kappa shape index (κ2) is 3.78. The highest BCUT2D eigenvalue weighted by molar-refractivity contribution is 5.74. The molecule has 0 saturated heterocycles. The van der Waals surface area contributed by atoms with Crippen LogP contribution >= 0.6 is 0 Å². The maximum Gasteiger partial charge on any atom is 0.317 e. The van der Waals surface area contributed by atoms with E-state index in [-0.39, 0.29) is 6.03 Å². The fourth-order valence-electron chi connectivity index (χ4n) is 1.25. The number of amides is 2. The Labute approximate surface area is 74.1 Å². The number of nitrogens with one attached hydrogen (secondary N) is 1. The third-order valence-electron chi connectivity index (χ3n) is 2.25. The molecule has 0 aromatic heterocycles. The Morgan fingerprint density at radius 2 is 2.17 bits per heavy atom. The monoisotopic (exact) mass is 170 g/mol. The van der Waals surface area contributed by atoms with Gasteiger partial charge in [-0.25, -0.2) is 4.79 Å². The van der Waals surface area contributed by atoms with Gasteiger partial charge in [0.05, 0.1) is 0 Å². The normalized spacial score (nSPS) is 16.3. The molecular weight excluding hydrogens is 152 g/mol. The molecule has 0 aromatic carbocycles. The maximum atomic E-state index is 11.3. The van der Waals surface area contributed by atoms with Gasteiger partial charge in [0.2, 0.25) is 0 Å². The van der Waals surface area contributed by atoms with Crippen LogP contribution in [-0.4, -0.2) is 30.6 Å². The Balaban J connectivity index is 2.41. The molecule has 0 atom stereocenters. The number of urea groups is 1. The molecule has 1 N–H and O–H groups in total. The van der Waals surface area contributed by atoms with Gasteiger partial charge in [0, 0.05) is 19.6 Å². The largest absolute Gasteiger partial charge is 0.341 e. The third kappa shape index (κ3) is 2.40. The van der Waals surface area contributed by atoms with Gasteiger partial charge < -0.3 is 10.2 Å². The fourth-order valence-corrected chi connectivity index (χ4v) is 1.25. The van der Waals surface area contributed by atoms with Crippen molar-refractivity contribution in [3.63, 3.8) is 0 Å². The molecule has 0 radical (unpaired) electrons. The van der Waals surface area contributed by atoms with Crippen molar-refractivity contribution in [3.05, 3.63) is 0 Å². The summed E-state index contributed by atoms with van der Waals surface area (Å²) >= 11 is 0. The van der Waals surface area contributed by atoms with Crippen LogP contribution in [0.4, 0.5) is 4.79 Å². The van der Waals surface area contributed by atoms with E-state index in [2.05, 4.69) is 19.2 Å². The lowest BCUT2D eigenvalue weighted by atomic mass is 10.3. The second-order valence-electron chi connectivity index (χ2n) is 3.74. The van der Waals surface area contributed by atoms with Gasteiger partial charge in [0.25, 0.3) is 0 Å². The number of nitrogens with zero attached hydrogens (tertiary/aromatic N) is 1. The van der Waals surface area contributed by atoms with Gasteiger partial charge in [-0.15, -0.1) is 0 Å². The summed E-state index contributed by atoms with van der Waals surface area (Å²) in [6, 6.07) is 0.363. The molecule has 0 aromatic rings. The molecule has 3 nitrogen and oxygen atoms in total. The van der Waals surface area contributed by atoms with Gasteiger partial charge in [-0.2, -0.15) is 0 Å². The van der Waals surface area contributed by atoms with Gasteiger partial charge >= 0.3 is 6.03 Å². The molecule has 1 aliphatic rings. The van der Waals surface area contributed by atoms with Crippen molar-refractivity contribution in [1.82, 2.24) is 10.2 Å². The summed E-state index contributed by atoms with van der Waals surface area (Å²) in [6.45, 7) is 5.03. The zero-order chi connectivity index (χ0) is 9.14. The van der Waals surface area contributed by atoms with Crippen molar-refractivity contribution < 1.29 is 4.79 Å². The van der Waals surface area contributed by atoms with Crippen molar-refractivity contribution in [2.45, 2.75) is 32.7 Å². The molecule has 1 saturated carbocycles. The Morgan fingerprint density at radius 3 is 2.50 bits per heavy atom. The zero-order valence-corrected chi connectivity index (χ0v) is 8.13. The van der Waals surface area contributed by atoms with E-state index in [1.165, 1.54) is 12.8 Å². The quantitative estimate of drug-likeness (QED) is 0.683. The van der Waals surface area contributed by atoms with Crippen LogP contribution in [0, 0.1) is 5.92 Å². The first-order chi connectivity index (χ1) is 5.65. The Hall–Kier alpha value is -0.730. The minimum Gasteiger partial charge on any atom is -0.341 e. The molecule has 0 heterocycles. The number of hydrogen-bond donors (Lipinski definition) is 1. The molecule has 1 aliphatic carbocycles. The van der Waals surface area contributed by atoms with Crippen LogP contribution in [0.5, 0.6) is 0 Å². The fraction of sp³-hybridized carbons (Fsp3) is 0.889. The van der Waals surface area contributed by atoms with E-state index in [0.717, 1.165) is 12.5 Å². The summed E-state index contributed by atoms with van der Waals surface area (Å²) in [5.41, 5.74) is 0. The lowest BCUT2D eigenvalue weighted by Gasteiger charge is -2.26. The second-order valence-corrected chi connectivity index (χ2v) is 3.74. The highest BCUT2D eigenvalue weighted by atomic mass is 16.2. The summed E-state index contributed by atoms with van der Waals surface area (Å²) in [5.74, 6) is 0.768. The zero-order valence-electron chi connectivity index (χ0n) is 8.13. The molecule has 0 unspecified atom stereocenters. The van der Waals surface area contributed by atoms with Crippen molar-refractivity contribution in [2.75, 3.05) is 13.6 Å². The number of rotatable bonds is 3. The summed E-state index contributed by atoms with van der Waals surface area (Å²) in [5, 5.41) is 2.67. The van der Waals surface area contributed by atoms with Gasteiger partial charge in [0.15, 0.2) is 0 Å². The standard InChI is InChI=1S/C9H18N2O/c1-7(2)11(9(12)10-3)6-8-4-5-8/h7-8H,4-6H2,1-3H3,(H,10,12). The molecule has 2 amide bonds. The van der Waals surface area contributed by atoms with E-state index in [1.54, 1.807) is 7.05 Å². The first-order valence-corrected chi connectivity index (χ1v) is 4.63. The molecule has 3 heteroatoms. The van der Waals surface area contributed by atoms with Crippen LogP contribution < -0.4 is 5.32 Å². The minimum absolute atomic E-state index is 0.0527. The Kier molecular flexibility index (Phi) is 2.95. The van der Waals surface area contributed by atoms with Crippen molar-refractivity contribution in [2.24, 2.45) is 5.92 Å². The van der Waals surface area contributed by atoms with Crippen LogP contribution in [0.1, 0.15) is 26.7 Å². The predicted octanol–water partition coefficient (Wildman–Crippen LogP) is 1.45. The van der Waals surface area contributed by atoms with E-state index in [9.17, 15) is 4.79 Å². The molecule has 70 valence electrons. The highest BCUT2D eigenvalue weighted by Gasteiger charge is 2.27. The van der Waals surface area contributed by atoms with Crippen LogP contribution in [0.3, 0.4) is 0 Å². The van der Waals surface area contributed by atoms with Crippen LogP contribution in [-0.2, 0) is 0 Å². The van der Waals surface area contributed by atoms with Crippen molar-refractivity contribution in [3.8, 4) is 0 Å². The summed E-state index contributed by atoms with van der Waals surface area (Å²) in [6.07, 6.45) is 2.58. The Morgan fingerprint density at radius 1 is 1.58 bits per heavy atom. The molecule has 1 fully saturated rings. The average Bonchev–Trinajstić information content (AvgIpc) is 2.81. The summed E-state index contributed by atoms with van der Waals surface area (Å²) in [4.78, 5) is 13.2. The van der Waals surface area contributed by atoms with E-state index in [1.807, 2.05) is 4.90 Å². The van der Waals surface area contributed by atoms with Crippen LogP contribution in [0.25, 0.3) is 0 Å². The number of hydrogen-bond acceptors (Lipinski definition) is 1. The maximum absolute atomic E-state index is 11.3. The van der Waals surface area contributed by atoms with Crippen molar-refractivity contribution >= 4 is 6.03 Å². The van der Waals surface area contributed by atoms with Crippen LogP contribution in [0.2, 0.25) is 0 Å². The van der Waals surface area contributed by atoms with E-state index in [4.69, 9.17) is 0 Å². The molecular formula is C9H18N2O. The van der Waals surface area contributed by atoms with Gasteiger partial charge in [-0.05, 0) is 32.6 Å². The van der Waals surface area contributed by atoms with Crippen molar-refractivity contribution in [1.29, 1.82) is 0 Å². The number of carbonyl (C=O) groups excluding carboxylic acids is 1. The smallest absolute Gasteiger partial charge is 0.317 e. The molecule has 0 spiro atoms. The Bertz CT molecular complexity index is 164. The lowest BCUT2D eigenvalue weighted by molar-refractivity contribution is 0.182. The third-order valence-corrected chi connectivity index (χ3v) is 2.25. The lowest BCUT2D eigenvalue weighted by Crippen LogP contribution is -2.43. The van der Waals surface area contributed by atoms with E-state index >= 15 is 0 Å². The summed E-state index contributed by atoms with van der Waals surface area (Å²) in [7, 11) is 1.69. The predicted molar refractivity (Wildman–Crippen MR) is 49.0 cm³/mol. The van der Waals surface area contributed by atoms with E-state index in [0.29, 0.717) is 6.04 Å². The molecule has 0 aliphatic heterocycles. The molecule has 0 bridgehead atoms. The topological polar surface area (TPSA) is 32.3 Å².